The summed E-state index contributed by atoms with van der Waals surface area (Å²) in [6, 6.07) is 5.45. The van der Waals surface area contributed by atoms with Crippen LogP contribution < -0.4 is 5.73 Å². The van der Waals surface area contributed by atoms with Crippen molar-refractivity contribution in [3.05, 3.63) is 41.1 Å². The number of nitrogens with zero attached hydrogens (tertiary/aromatic N) is 1. The van der Waals surface area contributed by atoms with Gasteiger partial charge in [0.15, 0.2) is 0 Å². The largest absolute Gasteiger partial charge is 0.455 e. The van der Waals surface area contributed by atoms with Crippen molar-refractivity contribution in [3.8, 4) is 0 Å². The number of nitrogens with two attached hydrogens (primary N) is 1. The van der Waals surface area contributed by atoms with Gasteiger partial charge in [0.2, 0.25) is 5.91 Å². The van der Waals surface area contributed by atoms with Gasteiger partial charge in [0.1, 0.15) is 22.7 Å². The van der Waals surface area contributed by atoms with Gasteiger partial charge in [-0.2, -0.15) is 8.42 Å². The van der Waals surface area contributed by atoms with E-state index in [-0.39, 0.29) is 16.2 Å². The van der Waals surface area contributed by atoms with Crippen molar-refractivity contribution in [2.24, 2.45) is 5.73 Å². The molecule has 0 radical (unpaired) electrons. The lowest BCUT2D eigenvalue weighted by Gasteiger charge is -2.48. The molecule has 2 aliphatic rings. The van der Waals surface area contributed by atoms with Crippen molar-refractivity contribution in [2.75, 3.05) is 19.5 Å². The molecule has 172 valence electrons. The highest BCUT2D eigenvalue weighted by molar-refractivity contribution is 8.00. The summed E-state index contributed by atoms with van der Waals surface area (Å²) in [4.78, 5) is 25.7. The fraction of sp³-hybridized carbons (Fsp3) is 0.500. The summed E-state index contributed by atoms with van der Waals surface area (Å²) in [5.41, 5.74) is 7.18. The molecule has 9 nitrogen and oxygen atoms in total. The number of methoxy groups -OCH3 is 1. The molecule has 0 aliphatic carbocycles. The molecule has 1 saturated heterocycles. The maximum atomic E-state index is 12.4. The molecule has 2 aliphatic heterocycles. The zero-order valence-electron chi connectivity index (χ0n) is 18.1. The van der Waals surface area contributed by atoms with Crippen LogP contribution in [0.25, 0.3) is 0 Å². The predicted octanol–water partition coefficient (Wildman–Crippen LogP) is 1.71. The van der Waals surface area contributed by atoms with E-state index < -0.39 is 27.7 Å². The number of benzene rings is 1. The second-order valence-electron chi connectivity index (χ2n) is 8.11. The maximum Gasteiger partial charge on any atom is 0.355 e. The van der Waals surface area contributed by atoms with Gasteiger partial charge in [-0.15, -0.1) is 11.8 Å². The highest BCUT2D eigenvalue weighted by Crippen LogP contribution is 2.40. The number of aryl methyl sites for hydroxylation is 1. The molecule has 0 aromatic heterocycles. The van der Waals surface area contributed by atoms with Gasteiger partial charge in [-0.3, -0.25) is 14.2 Å². The van der Waals surface area contributed by atoms with Crippen LogP contribution in [0.4, 0.5) is 0 Å². The summed E-state index contributed by atoms with van der Waals surface area (Å²) in [5, 5.41) is -0.175. The van der Waals surface area contributed by atoms with Gasteiger partial charge >= 0.3 is 5.97 Å². The zero-order valence-corrected chi connectivity index (χ0v) is 19.7. The van der Waals surface area contributed by atoms with Crippen molar-refractivity contribution < 1.29 is 32.0 Å². The van der Waals surface area contributed by atoms with Crippen molar-refractivity contribution in [1.82, 2.24) is 4.90 Å². The van der Waals surface area contributed by atoms with E-state index in [2.05, 4.69) is 0 Å². The first-order valence-corrected chi connectivity index (χ1v) is 11.9. The number of carbonyl (C=O) groups excluding carboxylic acids is 2. The highest BCUT2D eigenvalue weighted by Gasteiger charge is 2.52. The summed E-state index contributed by atoms with van der Waals surface area (Å²) in [7, 11) is -2.46. The predicted molar refractivity (Wildman–Crippen MR) is 117 cm³/mol. The van der Waals surface area contributed by atoms with E-state index in [4.69, 9.17) is 19.8 Å². The van der Waals surface area contributed by atoms with E-state index in [9.17, 15) is 18.0 Å². The third-order valence-corrected chi connectivity index (χ3v) is 6.55. The van der Waals surface area contributed by atoms with Gasteiger partial charge in [-0.25, -0.2) is 4.79 Å². The first-order chi connectivity index (χ1) is 14.3. The first-order valence-electron chi connectivity index (χ1n) is 9.45. The average Bonchev–Trinajstić information content (AvgIpc) is 2.66. The molecule has 1 fully saturated rings. The molecule has 2 heterocycles. The molecule has 1 aromatic carbocycles. The molecule has 1 unspecified atom stereocenters. The molecule has 0 bridgehead atoms. The van der Waals surface area contributed by atoms with Crippen molar-refractivity contribution >= 4 is 33.8 Å². The number of thioether (sulfide) groups is 1. The lowest BCUT2D eigenvalue weighted by molar-refractivity contribution is -0.158. The van der Waals surface area contributed by atoms with E-state index >= 15 is 0 Å². The summed E-state index contributed by atoms with van der Waals surface area (Å²) < 4.78 is 40.1. The third kappa shape index (κ3) is 6.30. The fourth-order valence-electron chi connectivity index (χ4n) is 2.89. The molecular weight excluding hydrogens is 444 g/mol. The Hall–Kier alpha value is -1.92. The van der Waals surface area contributed by atoms with Gasteiger partial charge in [0.25, 0.3) is 10.1 Å². The SMILES string of the molecule is COCC1=C(C(=O)OC(C)(C)C)N2C(=O)C(N)[C@H]2SC1.Cc1ccc(S(=O)(=O)O)cc1. The average molecular weight is 473 g/mol. The van der Waals surface area contributed by atoms with Gasteiger partial charge in [0.05, 0.1) is 11.5 Å². The molecule has 11 heteroatoms. The number of ether oxygens (including phenoxy) is 2. The Labute approximate surface area is 186 Å². The van der Waals surface area contributed by atoms with E-state index in [1.807, 2.05) is 6.92 Å². The maximum absolute atomic E-state index is 12.4. The van der Waals surface area contributed by atoms with Gasteiger partial charge in [-0.05, 0) is 45.4 Å². The Morgan fingerprint density at radius 1 is 1.29 bits per heavy atom. The van der Waals surface area contributed by atoms with Crippen LogP contribution in [0.2, 0.25) is 0 Å². The minimum Gasteiger partial charge on any atom is -0.455 e. The number of hydrogen-bond acceptors (Lipinski definition) is 8. The first kappa shape index (κ1) is 25.3. The lowest BCUT2D eigenvalue weighted by atomic mass is 10.0. The number of esters is 1. The third-order valence-electron chi connectivity index (χ3n) is 4.32. The van der Waals surface area contributed by atoms with Crippen LogP contribution in [-0.4, -0.2) is 66.2 Å². The molecule has 0 saturated carbocycles. The lowest BCUT2D eigenvalue weighted by Crippen LogP contribution is -2.68. The van der Waals surface area contributed by atoms with Crippen LogP contribution in [0.5, 0.6) is 0 Å². The molecular formula is C20H28N2O7S2. The van der Waals surface area contributed by atoms with Crippen LogP contribution in [0.15, 0.2) is 40.4 Å². The Kier molecular flexibility index (Phi) is 7.93. The number of rotatable bonds is 4. The number of amides is 1. The second kappa shape index (κ2) is 9.70. The van der Waals surface area contributed by atoms with Gasteiger partial charge in [-0.1, -0.05) is 17.7 Å². The topological polar surface area (TPSA) is 136 Å². The molecule has 1 aromatic rings. The Balaban J connectivity index is 0.000000262. The van der Waals surface area contributed by atoms with Crippen molar-refractivity contribution in [3.63, 3.8) is 0 Å². The van der Waals surface area contributed by atoms with Crippen LogP contribution >= 0.6 is 11.8 Å². The molecule has 31 heavy (non-hydrogen) atoms. The minimum atomic E-state index is -4.02. The van der Waals surface area contributed by atoms with Crippen molar-refractivity contribution in [2.45, 2.75) is 49.6 Å². The molecule has 1 amide bonds. The van der Waals surface area contributed by atoms with Gasteiger partial charge in [0, 0.05) is 12.9 Å². The van der Waals surface area contributed by atoms with E-state index in [1.165, 1.54) is 17.0 Å². The minimum absolute atomic E-state index is 0.0666. The highest BCUT2D eigenvalue weighted by atomic mass is 32.2. The van der Waals surface area contributed by atoms with Crippen LogP contribution in [0.3, 0.4) is 0 Å². The smallest absolute Gasteiger partial charge is 0.355 e. The van der Waals surface area contributed by atoms with E-state index in [0.29, 0.717) is 18.1 Å². The number of fused-ring (bicyclic) bond motifs is 1. The summed E-state index contributed by atoms with van der Waals surface area (Å²) in [5.74, 6) is -0.114. The molecule has 0 spiro atoms. The number of carbonyl (C=O) groups is 2. The normalized spacial score (nSPS) is 21.0. The Morgan fingerprint density at radius 3 is 2.35 bits per heavy atom. The monoisotopic (exact) mass is 472 g/mol. The molecule has 3 rings (SSSR count). The van der Waals surface area contributed by atoms with E-state index in [1.54, 1.807) is 51.8 Å². The number of hydrogen-bond donors (Lipinski definition) is 2. The summed E-state index contributed by atoms with van der Waals surface area (Å²) >= 11 is 1.55. The summed E-state index contributed by atoms with van der Waals surface area (Å²) in [6.07, 6.45) is 0. The van der Waals surface area contributed by atoms with Crippen LogP contribution in [0.1, 0.15) is 26.3 Å². The second-order valence-corrected chi connectivity index (χ2v) is 10.6. The van der Waals surface area contributed by atoms with Crippen molar-refractivity contribution in [1.29, 1.82) is 0 Å². The number of β-lactam (4-membered cyclic amide) rings is 1. The molecule has 3 N–H and O–H groups in total. The fourth-order valence-corrected chi connectivity index (χ4v) is 4.64. The van der Waals surface area contributed by atoms with E-state index in [0.717, 1.165) is 11.1 Å². The summed E-state index contributed by atoms with van der Waals surface area (Å²) in [6.45, 7) is 7.52. The Morgan fingerprint density at radius 2 is 1.87 bits per heavy atom. The van der Waals surface area contributed by atoms with Gasteiger partial charge < -0.3 is 15.2 Å². The molecule has 2 atom stereocenters. The standard InChI is InChI=1S/C13H20N2O4S.C7H8O3S/c1-13(2,3)19-12(17)9-7(5-18-4)6-20-11-8(14)10(16)15(9)11;1-6-2-4-7(5-3-6)11(8,9)10/h8,11H,5-6,14H2,1-4H3;2-5H,1H3,(H,8,9,10)/t8?,11-;/m1./s1. The quantitative estimate of drug-likeness (QED) is 0.381. The van der Waals surface area contributed by atoms with Crippen LogP contribution in [0, 0.1) is 6.92 Å². The Bertz CT molecular complexity index is 966. The van der Waals surface area contributed by atoms with Crippen LogP contribution in [-0.2, 0) is 29.2 Å². The zero-order chi connectivity index (χ0) is 23.6.